The number of ether oxygens (including phenoxy) is 1. The van der Waals surface area contributed by atoms with Gasteiger partial charge in [0.2, 0.25) is 0 Å². The van der Waals surface area contributed by atoms with Crippen LogP contribution in [0, 0.1) is 0 Å². The number of methoxy groups -OCH3 is 1. The number of hydrogen-bond acceptors (Lipinski definition) is 5. The molecule has 6 heteroatoms. The molecular weight excluding hydrogens is 236 g/mol. The first kappa shape index (κ1) is 14.4. The van der Waals surface area contributed by atoms with Crippen LogP contribution in [-0.2, 0) is 4.74 Å². The number of carbonyl (C=O) groups is 1. The SMILES string of the molecule is COCCC(C)(O)CNC(=O)c1ccncc1O. The fourth-order valence-corrected chi connectivity index (χ4v) is 1.35. The summed E-state index contributed by atoms with van der Waals surface area (Å²) in [7, 11) is 1.55. The highest BCUT2D eigenvalue weighted by Gasteiger charge is 2.21. The lowest BCUT2D eigenvalue weighted by Crippen LogP contribution is -2.41. The number of pyridine rings is 1. The highest BCUT2D eigenvalue weighted by Crippen LogP contribution is 2.14. The highest BCUT2D eigenvalue weighted by atomic mass is 16.5. The van der Waals surface area contributed by atoms with Gasteiger partial charge in [-0.05, 0) is 13.0 Å². The van der Waals surface area contributed by atoms with E-state index in [4.69, 9.17) is 4.74 Å². The molecule has 0 spiro atoms. The molecule has 18 heavy (non-hydrogen) atoms. The second-order valence-electron chi connectivity index (χ2n) is 4.32. The third-order valence-corrected chi connectivity index (χ3v) is 2.52. The van der Waals surface area contributed by atoms with Crippen molar-refractivity contribution in [1.29, 1.82) is 0 Å². The Balaban J connectivity index is 2.54. The van der Waals surface area contributed by atoms with E-state index in [2.05, 4.69) is 10.3 Å². The maximum atomic E-state index is 11.7. The highest BCUT2D eigenvalue weighted by molar-refractivity contribution is 5.96. The van der Waals surface area contributed by atoms with E-state index in [0.29, 0.717) is 13.0 Å². The van der Waals surface area contributed by atoms with Gasteiger partial charge in [-0.25, -0.2) is 0 Å². The molecule has 0 aromatic carbocycles. The number of aromatic hydroxyl groups is 1. The molecule has 1 rings (SSSR count). The molecule has 0 radical (unpaired) electrons. The molecule has 0 saturated carbocycles. The van der Waals surface area contributed by atoms with Crippen LogP contribution >= 0.6 is 0 Å². The third-order valence-electron chi connectivity index (χ3n) is 2.52. The van der Waals surface area contributed by atoms with E-state index in [0.717, 1.165) is 0 Å². The lowest BCUT2D eigenvalue weighted by atomic mass is 10.0. The lowest BCUT2D eigenvalue weighted by molar-refractivity contribution is 0.0243. The Morgan fingerprint density at radius 3 is 2.94 bits per heavy atom. The summed E-state index contributed by atoms with van der Waals surface area (Å²) in [6.45, 7) is 2.10. The number of amides is 1. The fraction of sp³-hybridized carbons (Fsp3) is 0.500. The van der Waals surface area contributed by atoms with Crippen molar-refractivity contribution in [1.82, 2.24) is 10.3 Å². The van der Waals surface area contributed by atoms with Crippen molar-refractivity contribution in [3.05, 3.63) is 24.0 Å². The fourth-order valence-electron chi connectivity index (χ4n) is 1.35. The Bertz CT molecular complexity index is 407. The second kappa shape index (κ2) is 6.32. The van der Waals surface area contributed by atoms with Crippen LogP contribution < -0.4 is 5.32 Å². The number of hydrogen-bond donors (Lipinski definition) is 3. The Morgan fingerprint density at radius 1 is 1.61 bits per heavy atom. The smallest absolute Gasteiger partial charge is 0.255 e. The predicted molar refractivity (Wildman–Crippen MR) is 65.4 cm³/mol. The van der Waals surface area contributed by atoms with Gasteiger partial charge in [-0.3, -0.25) is 9.78 Å². The van der Waals surface area contributed by atoms with Gasteiger partial charge in [-0.2, -0.15) is 0 Å². The first-order valence-corrected chi connectivity index (χ1v) is 5.59. The molecule has 1 atom stereocenters. The number of nitrogens with one attached hydrogen (secondary N) is 1. The zero-order valence-corrected chi connectivity index (χ0v) is 10.5. The van der Waals surface area contributed by atoms with Crippen molar-refractivity contribution in [2.75, 3.05) is 20.3 Å². The van der Waals surface area contributed by atoms with Crippen LogP contribution in [0.1, 0.15) is 23.7 Å². The molecule has 1 unspecified atom stereocenters. The number of aliphatic hydroxyl groups is 1. The van der Waals surface area contributed by atoms with E-state index in [-0.39, 0.29) is 17.9 Å². The van der Waals surface area contributed by atoms with E-state index in [1.807, 2.05) is 0 Å². The Kier molecular flexibility index (Phi) is 5.06. The maximum Gasteiger partial charge on any atom is 0.255 e. The number of aromatic nitrogens is 1. The summed E-state index contributed by atoms with van der Waals surface area (Å²) in [6, 6.07) is 1.41. The summed E-state index contributed by atoms with van der Waals surface area (Å²) in [5, 5.41) is 21.9. The molecule has 1 aromatic rings. The molecule has 6 nitrogen and oxygen atoms in total. The van der Waals surface area contributed by atoms with Gasteiger partial charge in [0.05, 0.1) is 17.4 Å². The van der Waals surface area contributed by atoms with E-state index in [1.54, 1.807) is 14.0 Å². The van der Waals surface area contributed by atoms with Crippen LogP contribution in [0.4, 0.5) is 0 Å². The molecule has 1 heterocycles. The van der Waals surface area contributed by atoms with Crippen molar-refractivity contribution in [3.8, 4) is 5.75 Å². The summed E-state index contributed by atoms with van der Waals surface area (Å²) < 4.78 is 4.87. The van der Waals surface area contributed by atoms with Gasteiger partial charge >= 0.3 is 0 Å². The van der Waals surface area contributed by atoms with Gasteiger partial charge in [0.15, 0.2) is 0 Å². The van der Waals surface area contributed by atoms with Crippen LogP contribution in [0.5, 0.6) is 5.75 Å². The van der Waals surface area contributed by atoms with Gasteiger partial charge in [-0.1, -0.05) is 0 Å². The van der Waals surface area contributed by atoms with Crippen molar-refractivity contribution in [3.63, 3.8) is 0 Å². The maximum absolute atomic E-state index is 11.7. The standard InChI is InChI=1S/C12H18N2O4/c1-12(17,4-6-18-2)8-14-11(16)9-3-5-13-7-10(9)15/h3,5,7,15,17H,4,6,8H2,1-2H3,(H,14,16). The molecule has 0 saturated heterocycles. The average Bonchev–Trinajstić information content (AvgIpc) is 2.34. The van der Waals surface area contributed by atoms with Gasteiger partial charge in [0.1, 0.15) is 5.75 Å². The summed E-state index contributed by atoms with van der Waals surface area (Å²) in [4.78, 5) is 15.4. The minimum absolute atomic E-state index is 0.0803. The number of rotatable bonds is 6. The van der Waals surface area contributed by atoms with Crippen LogP contribution in [0.3, 0.4) is 0 Å². The summed E-state index contributed by atoms with van der Waals surface area (Å²) in [5.74, 6) is -0.640. The monoisotopic (exact) mass is 254 g/mol. The summed E-state index contributed by atoms with van der Waals surface area (Å²) in [5.41, 5.74) is -0.915. The molecule has 3 N–H and O–H groups in total. The first-order chi connectivity index (χ1) is 8.46. The average molecular weight is 254 g/mol. The lowest BCUT2D eigenvalue weighted by Gasteiger charge is -2.23. The van der Waals surface area contributed by atoms with Crippen LogP contribution in [0.15, 0.2) is 18.5 Å². The van der Waals surface area contributed by atoms with E-state index in [1.165, 1.54) is 18.5 Å². The molecule has 0 aliphatic rings. The Morgan fingerprint density at radius 2 is 2.33 bits per heavy atom. The Labute approximate surface area is 106 Å². The zero-order chi connectivity index (χ0) is 13.6. The summed E-state index contributed by atoms with van der Waals surface area (Å²) in [6.07, 6.45) is 3.02. The predicted octanol–water partition coefficient (Wildman–Crippen LogP) is 0.304. The normalized spacial score (nSPS) is 13.9. The van der Waals surface area contributed by atoms with Crippen molar-refractivity contribution >= 4 is 5.91 Å². The Hall–Kier alpha value is -1.66. The molecule has 100 valence electrons. The first-order valence-electron chi connectivity index (χ1n) is 5.59. The zero-order valence-electron chi connectivity index (χ0n) is 10.5. The van der Waals surface area contributed by atoms with Crippen LogP contribution in [-0.4, -0.2) is 47.0 Å². The molecule has 1 amide bonds. The minimum Gasteiger partial charge on any atom is -0.505 e. The van der Waals surface area contributed by atoms with Gasteiger partial charge in [0.25, 0.3) is 5.91 Å². The third kappa shape index (κ3) is 4.31. The van der Waals surface area contributed by atoms with Gasteiger partial charge in [-0.15, -0.1) is 0 Å². The van der Waals surface area contributed by atoms with Crippen molar-refractivity contribution in [2.45, 2.75) is 18.9 Å². The summed E-state index contributed by atoms with van der Waals surface area (Å²) >= 11 is 0. The largest absolute Gasteiger partial charge is 0.505 e. The van der Waals surface area contributed by atoms with Crippen molar-refractivity contribution in [2.24, 2.45) is 0 Å². The van der Waals surface area contributed by atoms with Crippen LogP contribution in [0.2, 0.25) is 0 Å². The van der Waals surface area contributed by atoms with Gasteiger partial charge in [0, 0.05) is 32.9 Å². The molecule has 0 aliphatic heterocycles. The number of nitrogens with zero attached hydrogens (tertiary/aromatic N) is 1. The van der Waals surface area contributed by atoms with E-state index >= 15 is 0 Å². The molecule has 0 aliphatic carbocycles. The molecular formula is C12H18N2O4. The minimum atomic E-state index is -1.05. The molecule has 0 fully saturated rings. The number of carbonyl (C=O) groups excluding carboxylic acids is 1. The van der Waals surface area contributed by atoms with E-state index in [9.17, 15) is 15.0 Å². The topological polar surface area (TPSA) is 91.7 Å². The van der Waals surface area contributed by atoms with Gasteiger partial charge < -0.3 is 20.3 Å². The van der Waals surface area contributed by atoms with E-state index < -0.39 is 11.5 Å². The van der Waals surface area contributed by atoms with Crippen molar-refractivity contribution < 1.29 is 19.7 Å². The quantitative estimate of drug-likeness (QED) is 0.679. The van der Waals surface area contributed by atoms with Crippen LogP contribution in [0.25, 0.3) is 0 Å². The second-order valence-corrected chi connectivity index (χ2v) is 4.32. The molecule has 1 aromatic heterocycles. The molecule has 0 bridgehead atoms.